The van der Waals surface area contributed by atoms with Crippen molar-refractivity contribution in [2.45, 2.75) is 31.3 Å². The first kappa shape index (κ1) is 22.2. The van der Waals surface area contributed by atoms with Crippen LogP contribution in [0.15, 0.2) is 67.0 Å². The molecule has 7 heteroatoms. The molecule has 7 nitrogen and oxygen atoms in total. The highest BCUT2D eigenvalue weighted by Crippen LogP contribution is 2.25. The van der Waals surface area contributed by atoms with E-state index in [9.17, 15) is 15.3 Å². The smallest absolute Gasteiger partial charge is 0.150 e. The van der Waals surface area contributed by atoms with Gasteiger partial charge in [-0.15, -0.1) is 0 Å². The zero-order valence-corrected chi connectivity index (χ0v) is 17.9. The zero-order chi connectivity index (χ0) is 22.5. The summed E-state index contributed by atoms with van der Waals surface area (Å²) in [5, 5.41) is 29.4. The monoisotopic (exact) mass is 436 g/mol. The van der Waals surface area contributed by atoms with Gasteiger partial charge in [-0.3, -0.25) is 0 Å². The number of ether oxygens (including phenoxy) is 2. The molecule has 2 aromatic carbocycles. The number of rotatable bonds is 8. The van der Waals surface area contributed by atoms with E-state index >= 15 is 0 Å². The molecule has 0 aliphatic carbocycles. The molecule has 0 bridgehead atoms. The van der Waals surface area contributed by atoms with E-state index in [1.54, 1.807) is 23.9 Å². The molecule has 3 N–H and O–H groups in total. The number of hydrogen-bond donors (Lipinski definition) is 3. The van der Waals surface area contributed by atoms with E-state index < -0.39 is 12.2 Å². The summed E-state index contributed by atoms with van der Waals surface area (Å²) in [6.45, 7) is 2.27. The number of aliphatic hydroxyl groups is 3. The zero-order valence-electron chi connectivity index (χ0n) is 17.9. The third kappa shape index (κ3) is 5.08. The molecular weight excluding hydrogens is 408 g/mol. The molecular formula is C25H28N2O5. The molecule has 1 fully saturated rings. The van der Waals surface area contributed by atoms with Crippen LogP contribution in [0.2, 0.25) is 0 Å². The molecule has 0 radical (unpaired) electrons. The van der Waals surface area contributed by atoms with E-state index in [0.29, 0.717) is 24.8 Å². The van der Waals surface area contributed by atoms with Gasteiger partial charge in [-0.05, 0) is 35.7 Å². The Balaban J connectivity index is 1.41. The number of aliphatic hydroxyl groups excluding tert-OH is 3. The molecule has 2 heterocycles. The van der Waals surface area contributed by atoms with Crippen LogP contribution < -0.4 is 4.74 Å². The lowest BCUT2D eigenvalue weighted by atomic mass is 10.0. The topological polar surface area (TPSA) is 97.0 Å². The summed E-state index contributed by atoms with van der Waals surface area (Å²) in [6.07, 6.45) is 5.59. The Morgan fingerprint density at radius 3 is 2.41 bits per heavy atom. The summed E-state index contributed by atoms with van der Waals surface area (Å²) in [4.78, 5) is 4.16. The van der Waals surface area contributed by atoms with Gasteiger partial charge in [0.25, 0.3) is 0 Å². The largest absolute Gasteiger partial charge is 0.485 e. The molecule has 2 unspecified atom stereocenters. The fraction of sp³-hybridized carbons (Fsp3) is 0.320. The van der Waals surface area contributed by atoms with E-state index in [1.807, 2.05) is 60.7 Å². The van der Waals surface area contributed by atoms with E-state index in [0.717, 1.165) is 16.7 Å². The Morgan fingerprint density at radius 2 is 1.81 bits per heavy atom. The molecule has 168 valence electrons. The first-order valence-electron chi connectivity index (χ1n) is 10.7. The van der Waals surface area contributed by atoms with Crippen LogP contribution >= 0.6 is 0 Å². The fourth-order valence-electron chi connectivity index (χ4n) is 3.72. The van der Waals surface area contributed by atoms with Crippen LogP contribution in [0.3, 0.4) is 0 Å². The van der Waals surface area contributed by atoms with Crippen LogP contribution in [0, 0.1) is 0 Å². The van der Waals surface area contributed by atoms with Crippen LogP contribution in [-0.2, 0) is 4.74 Å². The van der Waals surface area contributed by atoms with E-state index in [-0.39, 0.29) is 18.8 Å². The maximum absolute atomic E-state index is 9.85. The van der Waals surface area contributed by atoms with Gasteiger partial charge in [0.15, 0.2) is 0 Å². The fourth-order valence-corrected chi connectivity index (χ4v) is 3.72. The summed E-state index contributed by atoms with van der Waals surface area (Å²) in [5.41, 5.74) is 3.13. The summed E-state index contributed by atoms with van der Waals surface area (Å²) in [5.74, 6) is 1.22. The average Bonchev–Trinajstić information content (AvgIpc) is 3.45. The molecule has 0 saturated carbocycles. The van der Waals surface area contributed by atoms with Gasteiger partial charge in [-0.2, -0.15) is 0 Å². The lowest BCUT2D eigenvalue weighted by Gasteiger charge is -2.16. The third-order valence-electron chi connectivity index (χ3n) is 5.51. The van der Waals surface area contributed by atoms with Crippen LogP contribution in [0.5, 0.6) is 5.75 Å². The van der Waals surface area contributed by atoms with Crippen molar-refractivity contribution >= 4 is 6.08 Å². The van der Waals surface area contributed by atoms with E-state index in [4.69, 9.17) is 9.47 Å². The van der Waals surface area contributed by atoms with Gasteiger partial charge < -0.3 is 29.4 Å². The summed E-state index contributed by atoms with van der Waals surface area (Å²) in [7, 11) is 0. The first-order valence-corrected chi connectivity index (χ1v) is 10.7. The summed E-state index contributed by atoms with van der Waals surface area (Å²) >= 11 is 0. The minimum Gasteiger partial charge on any atom is -0.485 e. The molecule has 1 aromatic heterocycles. The molecule has 0 spiro atoms. The third-order valence-corrected chi connectivity index (χ3v) is 5.51. The minimum absolute atomic E-state index is 0.0942. The molecule has 32 heavy (non-hydrogen) atoms. The maximum atomic E-state index is 9.85. The van der Waals surface area contributed by atoms with Crippen LogP contribution in [0.25, 0.3) is 17.2 Å². The standard InChI is InChI=1S/C25H28N2O5/c1-17(29)25-26-12-13-27(25)21(14-28)9-4-18-2-5-19(6-3-18)20-7-10-22(11-8-20)32-24-16-31-15-23(24)30/h2-13,17,21,23-24,28-30H,14-16H2,1H3/b9-4+/t17?,21?,23-,24-/m1/s1. The van der Waals surface area contributed by atoms with Gasteiger partial charge in [0.1, 0.15) is 29.9 Å². The first-order chi connectivity index (χ1) is 15.5. The van der Waals surface area contributed by atoms with Gasteiger partial charge in [0.05, 0.1) is 25.9 Å². The quantitative estimate of drug-likeness (QED) is 0.502. The second-order valence-corrected chi connectivity index (χ2v) is 7.89. The predicted molar refractivity (Wildman–Crippen MR) is 121 cm³/mol. The van der Waals surface area contributed by atoms with Crippen molar-refractivity contribution in [1.29, 1.82) is 0 Å². The summed E-state index contributed by atoms with van der Waals surface area (Å²) < 4.78 is 12.8. The highest BCUT2D eigenvalue weighted by molar-refractivity contribution is 5.66. The molecule has 1 aliphatic heterocycles. The van der Waals surface area contributed by atoms with Gasteiger partial charge in [0.2, 0.25) is 0 Å². The Morgan fingerprint density at radius 1 is 1.12 bits per heavy atom. The highest BCUT2D eigenvalue weighted by atomic mass is 16.6. The predicted octanol–water partition coefficient (Wildman–Crippen LogP) is 2.99. The minimum atomic E-state index is -0.708. The van der Waals surface area contributed by atoms with Crippen molar-refractivity contribution in [2.75, 3.05) is 19.8 Å². The molecule has 0 amide bonds. The SMILES string of the molecule is CC(O)c1nccn1C(/C=C/c1ccc(-c2ccc(O[C@@H]3COC[C@H]3O)cc2)cc1)CO. The Hall–Kier alpha value is -2.97. The van der Waals surface area contributed by atoms with Gasteiger partial charge in [-0.1, -0.05) is 48.6 Å². The van der Waals surface area contributed by atoms with Crippen LogP contribution in [0.1, 0.15) is 30.5 Å². The average molecular weight is 437 g/mol. The van der Waals surface area contributed by atoms with Crippen molar-refractivity contribution in [3.05, 3.63) is 78.4 Å². The number of aromatic nitrogens is 2. The van der Waals surface area contributed by atoms with Gasteiger partial charge >= 0.3 is 0 Å². The van der Waals surface area contributed by atoms with Crippen molar-refractivity contribution in [1.82, 2.24) is 9.55 Å². The summed E-state index contributed by atoms with van der Waals surface area (Å²) in [6, 6.07) is 15.6. The Bertz CT molecular complexity index is 1030. The highest BCUT2D eigenvalue weighted by Gasteiger charge is 2.27. The van der Waals surface area contributed by atoms with E-state index in [1.165, 1.54) is 0 Å². The maximum Gasteiger partial charge on any atom is 0.150 e. The van der Waals surface area contributed by atoms with Crippen LogP contribution in [-0.4, -0.2) is 56.9 Å². The van der Waals surface area contributed by atoms with Crippen molar-refractivity contribution in [3.63, 3.8) is 0 Å². The van der Waals surface area contributed by atoms with Crippen molar-refractivity contribution in [2.24, 2.45) is 0 Å². The second-order valence-electron chi connectivity index (χ2n) is 7.89. The lowest BCUT2D eigenvalue weighted by Crippen LogP contribution is -2.29. The normalized spacial score (nSPS) is 20.5. The van der Waals surface area contributed by atoms with Crippen molar-refractivity contribution in [3.8, 4) is 16.9 Å². The molecule has 3 aromatic rings. The Labute approximate surface area is 187 Å². The number of hydrogen-bond acceptors (Lipinski definition) is 6. The van der Waals surface area contributed by atoms with Crippen LogP contribution in [0.4, 0.5) is 0 Å². The van der Waals surface area contributed by atoms with Crippen molar-refractivity contribution < 1.29 is 24.8 Å². The molecule has 1 saturated heterocycles. The van der Waals surface area contributed by atoms with Gasteiger partial charge in [-0.25, -0.2) is 4.98 Å². The molecule has 1 aliphatic rings. The van der Waals surface area contributed by atoms with Gasteiger partial charge in [0, 0.05) is 12.4 Å². The number of imidazole rings is 1. The number of nitrogens with zero attached hydrogens (tertiary/aromatic N) is 2. The number of benzene rings is 2. The molecule has 4 rings (SSSR count). The lowest BCUT2D eigenvalue weighted by molar-refractivity contribution is 0.0733. The Kier molecular flexibility index (Phi) is 7.02. The second kappa shape index (κ2) is 10.1. The molecule has 4 atom stereocenters. The van der Waals surface area contributed by atoms with E-state index in [2.05, 4.69) is 4.98 Å².